The van der Waals surface area contributed by atoms with Crippen LogP contribution in [0.5, 0.6) is 0 Å². The molecular weight excluding hydrogens is 232 g/mol. The first-order chi connectivity index (χ1) is 8.36. The molecule has 0 radical (unpaired) electrons. The monoisotopic (exact) mass is 255 g/mol. The van der Waals surface area contributed by atoms with Gasteiger partial charge < -0.3 is 5.32 Å². The van der Waals surface area contributed by atoms with Gasteiger partial charge in [-0.3, -0.25) is 0 Å². The summed E-state index contributed by atoms with van der Waals surface area (Å²) in [6.07, 6.45) is 1.98. The lowest BCUT2D eigenvalue weighted by molar-refractivity contribution is 0.386. The largest absolute Gasteiger partial charge is 0.314 e. The molecule has 0 bridgehead atoms. The Morgan fingerprint density at radius 3 is 2.44 bits per heavy atom. The zero-order chi connectivity index (χ0) is 13.8. The Labute approximate surface area is 109 Å². The molecule has 1 unspecified atom stereocenters. The summed E-state index contributed by atoms with van der Waals surface area (Å²) >= 11 is 0. The van der Waals surface area contributed by atoms with Gasteiger partial charge in [0.05, 0.1) is 0 Å². The highest BCUT2D eigenvalue weighted by Gasteiger charge is 2.24. The summed E-state index contributed by atoms with van der Waals surface area (Å²) in [6, 6.07) is 4.54. The fraction of sp³-hybridized carbons (Fsp3) is 0.600. The summed E-state index contributed by atoms with van der Waals surface area (Å²) < 4.78 is 26.2. The Kier molecular flexibility index (Phi) is 5.27. The molecule has 0 fully saturated rings. The SMILES string of the molecule is CCCNC(C)CC(C)(C)c1ccc(F)c(F)c1. The van der Waals surface area contributed by atoms with Crippen LogP contribution in [0.15, 0.2) is 18.2 Å². The summed E-state index contributed by atoms with van der Waals surface area (Å²) in [4.78, 5) is 0. The lowest BCUT2D eigenvalue weighted by atomic mass is 9.79. The maximum Gasteiger partial charge on any atom is 0.159 e. The van der Waals surface area contributed by atoms with Crippen molar-refractivity contribution in [3.05, 3.63) is 35.4 Å². The molecule has 0 aliphatic heterocycles. The molecule has 1 atom stereocenters. The minimum atomic E-state index is -0.785. The fourth-order valence-electron chi connectivity index (χ4n) is 2.26. The average Bonchev–Trinajstić information content (AvgIpc) is 2.29. The average molecular weight is 255 g/mol. The van der Waals surface area contributed by atoms with Gasteiger partial charge in [0.2, 0.25) is 0 Å². The second-order valence-electron chi connectivity index (χ2n) is 5.57. The molecular formula is C15H23F2N. The predicted octanol–water partition coefficient (Wildman–Crippen LogP) is 4.02. The summed E-state index contributed by atoms with van der Waals surface area (Å²) in [5.74, 6) is -1.55. The van der Waals surface area contributed by atoms with E-state index >= 15 is 0 Å². The molecule has 0 saturated heterocycles. The van der Waals surface area contributed by atoms with Gasteiger partial charge in [0.25, 0.3) is 0 Å². The normalized spacial score (nSPS) is 13.7. The minimum Gasteiger partial charge on any atom is -0.314 e. The summed E-state index contributed by atoms with van der Waals surface area (Å²) in [5, 5.41) is 3.42. The van der Waals surface area contributed by atoms with E-state index in [0.717, 1.165) is 24.9 Å². The highest BCUT2D eigenvalue weighted by Crippen LogP contribution is 2.29. The first kappa shape index (κ1) is 15.1. The summed E-state index contributed by atoms with van der Waals surface area (Å²) in [6.45, 7) is 9.35. The zero-order valence-electron chi connectivity index (χ0n) is 11.7. The zero-order valence-corrected chi connectivity index (χ0v) is 11.7. The summed E-state index contributed by atoms with van der Waals surface area (Å²) in [5.41, 5.74) is 0.667. The van der Waals surface area contributed by atoms with Crippen molar-refractivity contribution in [2.45, 2.75) is 52.0 Å². The Balaban J connectivity index is 2.75. The topological polar surface area (TPSA) is 12.0 Å². The lowest BCUT2D eigenvalue weighted by Gasteiger charge is -2.29. The maximum atomic E-state index is 13.3. The van der Waals surface area contributed by atoms with E-state index in [9.17, 15) is 8.78 Å². The van der Waals surface area contributed by atoms with Crippen molar-refractivity contribution in [3.8, 4) is 0 Å². The van der Waals surface area contributed by atoms with E-state index in [2.05, 4.69) is 33.0 Å². The number of hydrogen-bond acceptors (Lipinski definition) is 1. The second kappa shape index (κ2) is 6.28. The van der Waals surface area contributed by atoms with Crippen molar-refractivity contribution < 1.29 is 8.78 Å². The highest BCUT2D eigenvalue weighted by molar-refractivity contribution is 5.25. The van der Waals surface area contributed by atoms with Crippen molar-refractivity contribution >= 4 is 0 Å². The van der Waals surface area contributed by atoms with Gasteiger partial charge in [-0.1, -0.05) is 26.8 Å². The minimum absolute atomic E-state index is 0.172. The molecule has 1 aromatic carbocycles. The van der Waals surface area contributed by atoms with E-state index in [0.29, 0.717) is 6.04 Å². The quantitative estimate of drug-likeness (QED) is 0.809. The van der Waals surface area contributed by atoms with Gasteiger partial charge in [-0.25, -0.2) is 8.78 Å². The van der Waals surface area contributed by atoms with E-state index in [-0.39, 0.29) is 5.41 Å². The van der Waals surface area contributed by atoms with Crippen LogP contribution in [0.4, 0.5) is 8.78 Å². The molecule has 0 aromatic heterocycles. The van der Waals surface area contributed by atoms with E-state index in [4.69, 9.17) is 0 Å². The van der Waals surface area contributed by atoms with Crippen molar-refractivity contribution in [1.82, 2.24) is 5.32 Å². The van der Waals surface area contributed by atoms with Gasteiger partial charge in [0.15, 0.2) is 11.6 Å². The van der Waals surface area contributed by atoms with Crippen LogP contribution in [0.2, 0.25) is 0 Å². The van der Waals surface area contributed by atoms with Gasteiger partial charge in [0, 0.05) is 6.04 Å². The van der Waals surface area contributed by atoms with Crippen LogP contribution >= 0.6 is 0 Å². The number of nitrogens with one attached hydrogen (secondary N) is 1. The number of benzene rings is 1. The third-order valence-corrected chi connectivity index (χ3v) is 3.26. The van der Waals surface area contributed by atoms with E-state index in [1.165, 1.54) is 12.1 Å². The van der Waals surface area contributed by atoms with Crippen molar-refractivity contribution in [1.29, 1.82) is 0 Å². The Bertz CT molecular complexity index is 388. The Hall–Kier alpha value is -0.960. The Morgan fingerprint density at radius 2 is 1.89 bits per heavy atom. The molecule has 0 aliphatic carbocycles. The molecule has 102 valence electrons. The van der Waals surface area contributed by atoms with Crippen LogP contribution < -0.4 is 5.32 Å². The smallest absolute Gasteiger partial charge is 0.159 e. The van der Waals surface area contributed by atoms with Crippen LogP contribution in [0.25, 0.3) is 0 Å². The molecule has 0 amide bonds. The molecule has 0 saturated carbocycles. The van der Waals surface area contributed by atoms with Gasteiger partial charge in [-0.15, -0.1) is 0 Å². The first-order valence-corrected chi connectivity index (χ1v) is 6.55. The number of halogens is 2. The van der Waals surface area contributed by atoms with Crippen molar-refractivity contribution in [2.75, 3.05) is 6.54 Å². The molecule has 0 heterocycles. The standard InChI is InChI=1S/C15H23F2N/c1-5-8-18-11(2)10-15(3,4)12-6-7-13(16)14(17)9-12/h6-7,9,11,18H,5,8,10H2,1-4H3. The molecule has 1 aromatic rings. The third-order valence-electron chi connectivity index (χ3n) is 3.26. The lowest BCUT2D eigenvalue weighted by Crippen LogP contribution is -2.33. The van der Waals surface area contributed by atoms with E-state index < -0.39 is 11.6 Å². The number of hydrogen-bond donors (Lipinski definition) is 1. The molecule has 0 spiro atoms. The molecule has 0 aliphatic rings. The van der Waals surface area contributed by atoms with Gasteiger partial charge in [-0.05, 0) is 49.4 Å². The molecule has 1 nitrogen and oxygen atoms in total. The highest BCUT2D eigenvalue weighted by atomic mass is 19.2. The van der Waals surface area contributed by atoms with Crippen LogP contribution in [0, 0.1) is 11.6 Å². The Morgan fingerprint density at radius 1 is 1.22 bits per heavy atom. The molecule has 1 rings (SSSR count). The molecule has 1 N–H and O–H groups in total. The van der Waals surface area contributed by atoms with Gasteiger partial charge in [-0.2, -0.15) is 0 Å². The first-order valence-electron chi connectivity index (χ1n) is 6.55. The summed E-state index contributed by atoms with van der Waals surface area (Å²) in [7, 11) is 0. The fourth-order valence-corrected chi connectivity index (χ4v) is 2.26. The molecule has 3 heteroatoms. The third kappa shape index (κ3) is 4.05. The van der Waals surface area contributed by atoms with Crippen molar-refractivity contribution in [3.63, 3.8) is 0 Å². The van der Waals surface area contributed by atoms with Gasteiger partial charge in [0.1, 0.15) is 0 Å². The van der Waals surface area contributed by atoms with Crippen LogP contribution in [-0.4, -0.2) is 12.6 Å². The predicted molar refractivity (Wildman–Crippen MR) is 71.8 cm³/mol. The second-order valence-corrected chi connectivity index (χ2v) is 5.57. The van der Waals surface area contributed by atoms with Crippen LogP contribution in [0.3, 0.4) is 0 Å². The molecule has 18 heavy (non-hydrogen) atoms. The van der Waals surface area contributed by atoms with Crippen LogP contribution in [0.1, 0.15) is 46.1 Å². The number of rotatable bonds is 6. The maximum absolute atomic E-state index is 13.3. The van der Waals surface area contributed by atoms with Gasteiger partial charge >= 0.3 is 0 Å². The van der Waals surface area contributed by atoms with E-state index in [1.54, 1.807) is 6.07 Å². The van der Waals surface area contributed by atoms with E-state index in [1.807, 2.05) is 0 Å². The van der Waals surface area contributed by atoms with Crippen molar-refractivity contribution in [2.24, 2.45) is 0 Å². The van der Waals surface area contributed by atoms with Crippen LogP contribution in [-0.2, 0) is 5.41 Å².